The van der Waals surface area contributed by atoms with Gasteiger partial charge in [0.05, 0.1) is 0 Å². The van der Waals surface area contributed by atoms with Crippen LogP contribution in [0.4, 0.5) is 0 Å². The molecule has 0 atom stereocenters. The van der Waals surface area contributed by atoms with Crippen molar-refractivity contribution in [3.63, 3.8) is 0 Å². The van der Waals surface area contributed by atoms with E-state index >= 15 is 0 Å². The van der Waals surface area contributed by atoms with Crippen LogP contribution < -0.4 is 0 Å². The van der Waals surface area contributed by atoms with Crippen molar-refractivity contribution in [2.75, 3.05) is 0 Å². The summed E-state index contributed by atoms with van der Waals surface area (Å²) in [6, 6.07) is 3.28. The average molecular weight is 251 g/mol. The summed E-state index contributed by atoms with van der Waals surface area (Å²) in [5.74, 6) is 0.0312. The maximum Gasteiger partial charge on any atom is 0.354 e. The summed E-state index contributed by atoms with van der Waals surface area (Å²) in [7, 11) is 0. The van der Waals surface area contributed by atoms with Gasteiger partial charge in [0.2, 0.25) is 5.89 Å². The molecular formula is C10H9N3O3S. The predicted molar refractivity (Wildman–Crippen MR) is 59.8 cm³/mol. The van der Waals surface area contributed by atoms with Gasteiger partial charge in [-0.3, -0.25) is 0 Å². The Kier molecular flexibility index (Phi) is 3.38. The Balaban J connectivity index is 2.04. The fourth-order valence-electron chi connectivity index (χ4n) is 1.16. The summed E-state index contributed by atoms with van der Waals surface area (Å²) >= 11 is 1.35. The number of thioether (sulfide) groups is 1. The number of carboxylic acids is 1. The third-order valence-corrected chi connectivity index (χ3v) is 2.80. The average Bonchev–Trinajstić information content (AvgIpc) is 2.73. The number of aromatic nitrogens is 3. The van der Waals surface area contributed by atoms with Gasteiger partial charge in [0.25, 0.3) is 5.22 Å². The number of carboxylic acid groups (broad SMARTS) is 1. The van der Waals surface area contributed by atoms with Crippen LogP contribution >= 0.6 is 11.8 Å². The summed E-state index contributed by atoms with van der Waals surface area (Å²) < 4.78 is 5.19. The van der Waals surface area contributed by atoms with E-state index in [2.05, 4.69) is 15.2 Å². The quantitative estimate of drug-likeness (QED) is 0.828. The zero-order valence-corrected chi connectivity index (χ0v) is 9.77. The number of hydrogen-bond donors (Lipinski definition) is 1. The van der Waals surface area contributed by atoms with Crippen LogP contribution in [0.3, 0.4) is 0 Å². The van der Waals surface area contributed by atoms with Gasteiger partial charge in [0.1, 0.15) is 5.69 Å². The molecule has 1 N–H and O–H groups in total. The van der Waals surface area contributed by atoms with Gasteiger partial charge < -0.3 is 9.52 Å². The van der Waals surface area contributed by atoms with Crippen LogP contribution in [0.2, 0.25) is 0 Å². The zero-order valence-electron chi connectivity index (χ0n) is 8.95. The highest BCUT2D eigenvalue weighted by atomic mass is 32.2. The lowest BCUT2D eigenvalue weighted by molar-refractivity contribution is 0.0690. The number of nitrogens with zero attached hydrogens (tertiary/aromatic N) is 3. The van der Waals surface area contributed by atoms with Gasteiger partial charge in [-0.25, -0.2) is 9.78 Å². The first-order valence-electron chi connectivity index (χ1n) is 4.76. The van der Waals surface area contributed by atoms with Crippen LogP contribution in [0.5, 0.6) is 0 Å². The van der Waals surface area contributed by atoms with Crippen molar-refractivity contribution in [2.45, 2.75) is 17.9 Å². The van der Waals surface area contributed by atoms with Crippen LogP contribution in [-0.2, 0) is 5.75 Å². The molecule has 0 aliphatic heterocycles. The van der Waals surface area contributed by atoms with Crippen molar-refractivity contribution in [2.24, 2.45) is 0 Å². The standard InChI is InChI=1S/C10H9N3O3S/c1-6-12-13-10(16-6)17-5-7-2-3-11-8(4-7)9(14)15/h2-4H,5H2,1H3,(H,14,15). The second-order valence-corrected chi connectivity index (χ2v) is 4.16. The topological polar surface area (TPSA) is 89.1 Å². The summed E-state index contributed by atoms with van der Waals surface area (Å²) in [5, 5.41) is 16.8. The Labute approximate surface area is 101 Å². The number of pyridine rings is 1. The maximum atomic E-state index is 10.7. The van der Waals surface area contributed by atoms with Crippen LogP contribution in [0.15, 0.2) is 28.0 Å². The van der Waals surface area contributed by atoms with Gasteiger partial charge >= 0.3 is 5.97 Å². The van der Waals surface area contributed by atoms with E-state index in [0.717, 1.165) is 5.56 Å². The second kappa shape index (κ2) is 4.96. The molecule has 6 nitrogen and oxygen atoms in total. The normalized spacial score (nSPS) is 10.4. The van der Waals surface area contributed by atoms with Crippen LogP contribution in [0.25, 0.3) is 0 Å². The molecule has 0 fully saturated rings. The molecule has 2 heterocycles. The fraction of sp³-hybridized carbons (Fsp3) is 0.200. The molecule has 0 amide bonds. The Morgan fingerprint density at radius 2 is 2.35 bits per heavy atom. The van der Waals surface area contributed by atoms with E-state index in [1.165, 1.54) is 24.0 Å². The minimum Gasteiger partial charge on any atom is -0.477 e. The lowest BCUT2D eigenvalue weighted by atomic mass is 10.2. The lowest BCUT2D eigenvalue weighted by Gasteiger charge is -1.99. The van der Waals surface area contributed by atoms with E-state index < -0.39 is 5.97 Å². The van der Waals surface area contributed by atoms with E-state index in [4.69, 9.17) is 9.52 Å². The first-order valence-corrected chi connectivity index (χ1v) is 5.75. The third-order valence-electron chi connectivity index (χ3n) is 1.91. The van der Waals surface area contributed by atoms with Gasteiger partial charge in [0.15, 0.2) is 0 Å². The van der Waals surface area contributed by atoms with Crippen molar-refractivity contribution in [3.8, 4) is 0 Å². The fourth-order valence-corrected chi connectivity index (χ4v) is 1.91. The number of hydrogen-bond acceptors (Lipinski definition) is 6. The van der Waals surface area contributed by atoms with Crippen LogP contribution in [-0.4, -0.2) is 26.3 Å². The highest BCUT2D eigenvalue weighted by molar-refractivity contribution is 7.98. The van der Waals surface area contributed by atoms with Crippen molar-refractivity contribution in [1.29, 1.82) is 0 Å². The van der Waals surface area contributed by atoms with Crippen LogP contribution in [0.1, 0.15) is 21.9 Å². The Bertz CT molecular complexity index is 541. The molecule has 0 aliphatic rings. The minimum absolute atomic E-state index is 0.0322. The number of carbonyl (C=O) groups is 1. The summed E-state index contributed by atoms with van der Waals surface area (Å²) in [6.07, 6.45) is 1.47. The molecule has 0 saturated heterocycles. The van der Waals surface area contributed by atoms with E-state index in [0.29, 0.717) is 16.9 Å². The number of aryl methyl sites for hydroxylation is 1. The first-order chi connectivity index (χ1) is 8.15. The molecule has 0 radical (unpaired) electrons. The molecule has 0 aromatic carbocycles. The summed E-state index contributed by atoms with van der Waals surface area (Å²) in [4.78, 5) is 14.5. The van der Waals surface area contributed by atoms with Gasteiger partial charge in [0, 0.05) is 18.9 Å². The molecule has 0 aliphatic carbocycles. The predicted octanol–water partition coefficient (Wildman–Crippen LogP) is 1.76. The maximum absolute atomic E-state index is 10.7. The van der Waals surface area contributed by atoms with E-state index in [1.54, 1.807) is 13.0 Å². The smallest absolute Gasteiger partial charge is 0.354 e. The molecule has 0 unspecified atom stereocenters. The summed E-state index contributed by atoms with van der Waals surface area (Å²) in [5.41, 5.74) is 0.878. The minimum atomic E-state index is -1.04. The van der Waals surface area contributed by atoms with E-state index in [1.807, 2.05) is 0 Å². The molecule has 2 aromatic rings. The lowest BCUT2D eigenvalue weighted by Crippen LogP contribution is -2.00. The molecule has 7 heteroatoms. The third kappa shape index (κ3) is 3.04. The molecule has 0 bridgehead atoms. The molecule has 88 valence electrons. The molecule has 0 spiro atoms. The van der Waals surface area contributed by atoms with Crippen molar-refractivity contribution < 1.29 is 14.3 Å². The van der Waals surface area contributed by atoms with Crippen molar-refractivity contribution in [1.82, 2.24) is 15.2 Å². The molecule has 0 saturated carbocycles. The van der Waals surface area contributed by atoms with Gasteiger partial charge in [-0.2, -0.15) is 0 Å². The highest BCUT2D eigenvalue weighted by Gasteiger charge is 2.07. The Morgan fingerprint density at radius 1 is 1.53 bits per heavy atom. The molecule has 2 rings (SSSR count). The van der Waals surface area contributed by atoms with Gasteiger partial charge in [-0.15, -0.1) is 10.2 Å². The van der Waals surface area contributed by atoms with E-state index in [-0.39, 0.29) is 5.69 Å². The zero-order chi connectivity index (χ0) is 12.3. The summed E-state index contributed by atoms with van der Waals surface area (Å²) in [6.45, 7) is 1.71. The Morgan fingerprint density at radius 3 is 3.00 bits per heavy atom. The Hall–Kier alpha value is -1.89. The molecule has 2 aromatic heterocycles. The molecule has 17 heavy (non-hydrogen) atoms. The van der Waals surface area contributed by atoms with Crippen LogP contribution in [0, 0.1) is 6.92 Å². The SMILES string of the molecule is Cc1nnc(SCc2ccnc(C(=O)O)c2)o1. The monoisotopic (exact) mass is 251 g/mol. The number of aromatic carboxylic acids is 1. The number of rotatable bonds is 4. The highest BCUT2D eigenvalue weighted by Crippen LogP contribution is 2.21. The van der Waals surface area contributed by atoms with Crippen molar-refractivity contribution >= 4 is 17.7 Å². The van der Waals surface area contributed by atoms with E-state index in [9.17, 15) is 4.79 Å². The molecular weight excluding hydrogens is 242 g/mol. The van der Waals surface area contributed by atoms with Gasteiger partial charge in [-0.05, 0) is 17.7 Å². The first kappa shape index (κ1) is 11.6. The second-order valence-electron chi connectivity index (χ2n) is 3.23. The largest absolute Gasteiger partial charge is 0.477 e. The van der Waals surface area contributed by atoms with Crippen molar-refractivity contribution in [3.05, 3.63) is 35.5 Å². The van der Waals surface area contributed by atoms with Gasteiger partial charge in [-0.1, -0.05) is 11.8 Å².